The first kappa shape index (κ1) is 19.8. The normalized spacial score (nSPS) is 15.5. The maximum atomic E-state index is 13.2. The van der Waals surface area contributed by atoms with Crippen LogP contribution in [0.4, 0.5) is 4.39 Å². The number of nitrogens with zero attached hydrogens (tertiary/aromatic N) is 1. The Morgan fingerprint density at radius 2 is 1.93 bits per heavy atom. The summed E-state index contributed by atoms with van der Waals surface area (Å²) in [5.41, 5.74) is 0.529. The molecule has 1 aliphatic rings. The fraction of sp³-hybridized carbons (Fsp3) is 0.278. The molecular formula is C18H17ClFNO5S. The van der Waals surface area contributed by atoms with Crippen LogP contribution >= 0.6 is 11.6 Å². The molecule has 0 radical (unpaired) electrons. The van der Waals surface area contributed by atoms with E-state index in [-0.39, 0.29) is 35.2 Å². The van der Waals surface area contributed by atoms with Crippen LogP contribution < -0.4 is 0 Å². The average Bonchev–Trinajstić information content (AvgIpc) is 2.67. The van der Waals surface area contributed by atoms with E-state index >= 15 is 0 Å². The summed E-state index contributed by atoms with van der Waals surface area (Å²) in [5.74, 6) is -1.16. The Morgan fingerprint density at radius 1 is 1.19 bits per heavy atom. The molecule has 27 heavy (non-hydrogen) atoms. The molecule has 0 spiro atoms. The molecule has 0 amide bonds. The Balaban J connectivity index is 1.79. The van der Waals surface area contributed by atoms with E-state index in [0.29, 0.717) is 18.8 Å². The quantitative estimate of drug-likeness (QED) is 0.705. The molecule has 2 aromatic rings. The van der Waals surface area contributed by atoms with Crippen LogP contribution in [0.3, 0.4) is 0 Å². The number of sulfonamides is 1. The fourth-order valence-corrected chi connectivity index (χ4v) is 4.52. The molecule has 0 saturated carbocycles. The number of benzene rings is 2. The topological polar surface area (TPSA) is 72.9 Å². The summed E-state index contributed by atoms with van der Waals surface area (Å²) in [5, 5.41) is 0.0168. The molecule has 0 bridgehead atoms. The second kappa shape index (κ2) is 8.35. The molecular weight excluding hydrogens is 397 g/mol. The maximum absolute atomic E-state index is 13.2. The van der Waals surface area contributed by atoms with Gasteiger partial charge in [0.2, 0.25) is 10.0 Å². The van der Waals surface area contributed by atoms with Crippen molar-refractivity contribution in [1.29, 1.82) is 0 Å². The number of ether oxygens (including phenoxy) is 2. The molecule has 3 rings (SSSR count). The van der Waals surface area contributed by atoms with E-state index in [0.717, 1.165) is 0 Å². The number of rotatable bonds is 5. The zero-order chi connectivity index (χ0) is 19.4. The second-order valence-electron chi connectivity index (χ2n) is 5.87. The number of esters is 1. The molecule has 1 heterocycles. The van der Waals surface area contributed by atoms with Crippen molar-refractivity contribution in [2.45, 2.75) is 11.5 Å². The van der Waals surface area contributed by atoms with Gasteiger partial charge in [-0.15, -0.1) is 0 Å². The minimum Gasteiger partial charge on any atom is -0.457 e. The zero-order valence-electron chi connectivity index (χ0n) is 14.2. The Bertz CT molecular complexity index is 945. The SMILES string of the molecule is O=C(OCc1cccc(F)c1)c1ccc(Cl)c(S(=O)(=O)N2CCOCC2)c1. The van der Waals surface area contributed by atoms with Crippen LogP contribution in [0.15, 0.2) is 47.4 Å². The Morgan fingerprint density at radius 3 is 2.63 bits per heavy atom. The highest BCUT2D eigenvalue weighted by Gasteiger charge is 2.29. The van der Waals surface area contributed by atoms with Crippen LogP contribution in [0.2, 0.25) is 5.02 Å². The summed E-state index contributed by atoms with van der Waals surface area (Å²) in [6.45, 7) is 0.892. The molecule has 2 aromatic carbocycles. The van der Waals surface area contributed by atoms with E-state index in [1.165, 1.54) is 40.7 Å². The van der Waals surface area contributed by atoms with E-state index in [9.17, 15) is 17.6 Å². The fourth-order valence-electron chi connectivity index (χ4n) is 2.61. The van der Waals surface area contributed by atoms with Gasteiger partial charge in [-0.25, -0.2) is 17.6 Å². The first-order chi connectivity index (χ1) is 12.9. The maximum Gasteiger partial charge on any atom is 0.338 e. The van der Waals surface area contributed by atoms with Gasteiger partial charge in [-0.1, -0.05) is 23.7 Å². The lowest BCUT2D eigenvalue weighted by atomic mass is 10.2. The van der Waals surface area contributed by atoms with Gasteiger partial charge in [0.15, 0.2) is 0 Å². The molecule has 0 atom stereocenters. The number of morpholine rings is 1. The van der Waals surface area contributed by atoms with Crippen molar-refractivity contribution in [3.8, 4) is 0 Å². The van der Waals surface area contributed by atoms with E-state index in [2.05, 4.69) is 0 Å². The second-order valence-corrected chi connectivity index (χ2v) is 8.18. The Labute approximate surface area is 161 Å². The summed E-state index contributed by atoms with van der Waals surface area (Å²) >= 11 is 6.06. The third-order valence-electron chi connectivity index (χ3n) is 4.01. The minimum atomic E-state index is -3.86. The smallest absolute Gasteiger partial charge is 0.338 e. The van der Waals surface area contributed by atoms with Crippen molar-refractivity contribution in [2.75, 3.05) is 26.3 Å². The molecule has 9 heteroatoms. The molecule has 0 unspecified atom stereocenters. The molecule has 0 aromatic heterocycles. The third kappa shape index (κ3) is 4.65. The lowest BCUT2D eigenvalue weighted by molar-refractivity contribution is 0.0472. The lowest BCUT2D eigenvalue weighted by Crippen LogP contribution is -2.40. The highest BCUT2D eigenvalue weighted by molar-refractivity contribution is 7.89. The molecule has 1 saturated heterocycles. The molecule has 1 aliphatic heterocycles. The van der Waals surface area contributed by atoms with Crippen molar-refractivity contribution in [3.63, 3.8) is 0 Å². The third-order valence-corrected chi connectivity index (χ3v) is 6.39. The zero-order valence-corrected chi connectivity index (χ0v) is 15.8. The molecule has 144 valence electrons. The molecule has 0 N–H and O–H groups in total. The van der Waals surface area contributed by atoms with Gasteiger partial charge in [-0.05, 0) is 35.9 Å². The number of halogens is 2. The van der Waals surface area contributed by atoms with Crippen LogP contribution in [0.1, 0.15) is 15.9 Å². The van der Waals surface area contributed by atoms with Crippen LogP contribution in [0.25, 0.3) is 0 Å². The molecule has 1 fully saturated rings. The van der Waals surface area contributed by atoms with Crippen molar-refractivity contribution < 1.29 is 27.1 Å². The number of carbonyl (C=O) groups excluding carboxylic acids is 1. The molecule has 6 nitrogen and oxygen atoms in total. The standard InChI is InChI=1S/C18H17ClFNO5S/c19-16-5-4-14(18(22)26-12-13-2-1-3-15(20)10-13)11-17(16)27(23,24)21-6-8-25-9-7-21/h1-5,10-11H,6-9,12H2. The van der Waals surface area contributed by atoms with Crippen LogP contribution in [0.5, 0.6) is 0 Å². The summed E-state index contributed by atoms with van der Waals surface area (Å²) in [6.07, 6.45) is 0. The average molecular weight is 414 g/mol. The van der Waals surface area contributed by atoms with Crippen molar-refractivity contribution in [3.05, 3.63) is 64.4 Å². The first-order valence-corrected chi connectivity index (χ1v) is 9.99. The number of hydrogen-bond donors (Lipinski definition) is 0. The van der Waals surface area contributed by atoms with E-state index in [1.807, 2.05) is 0 Å². The summed E-state index contributed by atoms with van der Waals surface area (Å²) in [6, 6.07) is 9.58. The van der Waals surface area contributed by atoms with Crippen LogP contribution in [-0.4, -0.2) is 45.0 Å². The number of carbonyl (C=O) groups is 1. The summed E-state index contributed by atoms with van der Waals surface area (Å²) in [4.78, 5) is 12.1. The van der Waals surface area contributed by atoms with Gasteiger partial charge in [0.05, 0.1) is 23.8 Å². The Kier molecular flexibility index (Phi) is 6.11. The van der Waals surface area contributed by atoms with E-state index < -0.39 is 21.8 Å². The van der Waals surface area contributed by atoms with Gasteiger partial charge in [-0.2, -0.15) is 4.31 Å². The van der Waals surface area contributed by atoms with E-state index in [1.54, 1.807) is 6.07 Å². The van der Waals surface area contributed by atoms with Crippen molar-refractivity contribution in [2.24, 2.45) is 0 Å². The van der Waals surface area contributed by atoms with Gasteiger partial charge in [0.1, 0.15) is 17.3 Å². The van der Waals surface area contributed by atoms with E-state index in [4.69, 9.17) is 21.1 Å². The van der Waals surface area contributed by atoms with Crippen molar-refractivity contribution >= 4 is 27.6 Å². The largest absolute Gasteiger partial charge is 0.457 e. The van der Waals surface area contributed by atoms with Gasteiger partial charge in [0, 0.05) is 13.1 Å². The summed E-state index contributed by atoms with van der Waals surface area (Å²) in [7, 11) is -3.86. The molecule has 0 aliphatic carbocycles. The van der Waals surface area contributed by atoms with Crippen molar-refractivity contribution in [1.82, 2.24) is 4.31 Å². The van der Waals surface area contributed by atoms with Gasteiger partial charge in [-0.3, -0.25) is 0 Å². The Hall–Kier alpha value is -2.00. The van der Waals surface area contributed by atoms with Gasteiger partial charge < -0.3 is 9.47 Å². The highest BCUT2D eigenvalue weighted by Crippen LogP contribution is 2.27. The first-order valence-electron chi connectivity index (χ1n) is 8.17. The highest BCUT2D eigenvalue weighted by atomic mass is 35.5. The monoisotopic (exact) mass is 413 g/mol. The minimum absolute atomic E-state index is 0.0168. The lowest BCUT2D eigenvalue weighted by Gasteiger charge is -2.26. The predicted octanol–water partition coefficient (Wildman–Crippen LogP) is 2.86. The van der Waals surface area contributed by atoms with Crippen LogP contribution in [-0.2, 0) is 26.1 Å². The van der Waals surface area contributed by atoms with Gasteiger partial charge >= 0.3 is 5.97 Å². The summed E-state index contributed by atoms with van der Waals surface area (Å²) < 4.78 is 50.3. The van der Waals surface area contributed by atoms with Gasteiger partial charge in [0.25, 0.3) is 0 Å². The predicted molar refractivity (Wildman–Crippen MR) is 96.5 cm³/mol. The number of hydrogen-bond acceptors (Lipinski definition) is 5. The van der Waals surface area contributed by atoms with Crippen LogP contribution in [0, 0.1) is 5.82 Å².